The highest BCUT2D eigenvalue weighted by Crippen LogP contribution is 2.18. The largest absolute Gasteiger partial charge is 0.480 e. The lowest BCUT2D eigenvalue weighted by molar-refractivity contribution is -0.147. The Bertz CT molecular complexity index is 233. The maximum absolute atomic E-state index is 11.1. The molecule has 0 aromatic rings. The first-order chi connectivity index (χ1) is 6.06. The van der Waals surface area contributed by atoms with Crippen molar-refractivity contribution >= 4 is 23.5 Å². The molecule has 0 aromatic heterocycles. The molecule has 0 aliphatic carbocycles. The molecule has 0 aromatic carbocycles. The lowest BCUT2D eigenvalue weighted by Crippen LogP contribution is -2.41. The fourth-order valence-electron chi connectivity index (χ4n) is 1.40. The third kappa shape index (κ3) is 2.10. The van der Waals surface area contributed by atoms with Crippen molar-refractivity contribution < 1.29 is 19.8 Å². The van der Waals surface area contributed by atoms with Gasteiger partial charge in [-0.25, -0.2) is 4.79 Å². The van der Waals surface area contributed by atoms with E-state index >= 15 is 0 Å². The van der Waals surface area contributed by atoms with Crippen LogP contribution >= 0.6 is 11.6 Å². The maximum atomic E-state index is 11.1. The number of aliphatic hydroxyl groups is 1. The number of amides is 1. The zero-order valence-electron chi connectivity index (χ0n) is 6.81. The van der Waals surface area contributed by atoms with E-state index < -0.39 is 24.0 Å². The number of aliphatic carboxylic acids is 1. The zero-order chi connectivity index (χ0) is 10.0. The molecule has 1 amide bonds. The van der Waals surface area contributed by atoms with E-state index in [1.165, 1.54) is 0 Å². The van der Waals surface area contributed by atoms with Gasteiger partial charge in [0.1, 0.15) is 11.9 Å². The Morgan fingerprint density at radius 3 is 2.62 bits per heavy atom. The van der Waals surface area contributed by atoms with Crippen LogP contribution in [0.5, 0.6) is 0 Å². The van der Waals surface area contributed by atoms with E-state index in [9.17, 15) is 9.59 Å². The number of nitrogens with zero attached hydrogens (tertiary/aromatic N) is 1. The summed E-state index contributed by atoms with van der Waals surface area (Å²) in [7, 11) is 0. The molecular weight excluding hydrogens is 198 g/mol. The number of hydrogen-bond acceptors (Lipinski definition) is 3. The molecule has 2 atom stereocenters. The molecule has 1 saturated heterocycles. The lowest BCUT2D eigenvalue weighted by Gasteiger charge is -2.19. The molecule has 5 nitrogen and oxygen atoms in total. The summed E-state index contributed by atoms with van der Waals surface area (Å²) in [6.07, 6.45) is -0.675. The number of carbonyl (C=O) groups excluding carboxylic acids is 1. The topological polar surface area (TPSA) is 77.8 Å². The van der Waals surface area contributed by atoms with Crippen molar-refractivity contribution in [3.05, 3.63) is 0 Å². The molecule has 1 rings (SSSR count). The van der Waals surface area contributed by atoms with Crippen molar-refractivity contribution in [3.63, 3.8) is 0 Å². The molecule has 0 spiro atoms. The molecule has 1 aliphatic rings. The second kappa shape index (κ2) is 3.93. The number of rotatable bonds is 2. The van der Waals surface area contributed by atoms with Gasteiger partial charge < -0.3 is 15.1 Å². The Labute approximate surface area is 79.9 Å². The molecule has 6 heteroatoms. The van der Waals surface area contributed by atoms with Crippen LogP contribution in [0.15, 0.2) is 0 Å². The van der Waals surface area contributed by atoms with Gasteiger partial charge in [-0.2, -0.15) is 0 Å². The highest BCUT2D eigenvalue weighted by atomic mass is 35.5. The molecular formula is C7H10ClNO4. The van der Waals surface area contributed by atoms with Crippen molar-refractivity contribution in [2.75, 3.05) is 12.4 Å². The summed E-state index contributed by atoms with van der Waals surface area (Å²) in [4.78, 5) is 22.8. The van der Waals surface area contributed by atoms with Crippen molar-refractivity contribution in [2.24, 2.45) is 0 Å². The average Bonchev–Trinajstić information content (AvgIpc) is 2.46. The van der Waals surface area contributed by atoms with E-state index in [0.29, 0.717) is 0 Å². The first kappa shape index (κ1) is 10.3. The van der Waals surface area contributed by atoms with Gasteiger partial charge in [-0.05, 0) is 0 Å². The van der Waals surface area contributed by atoms with Gasteiger partial charge in [-0.1, -0.05) is 0 Å². The van der Waals surface area contributed by atoms with E-state index in [4.69, 9.17) is 21.8 Å². The fourth-order valence-corrected chi connectivity index (χ4v) is 1.55. The van der Waals surface area contributed by atoms with Crippen LogP contribution in [0, 0.1) is 0 Å². The Morgan fingerprint density at radius 1 is 1.54 bits per heavy atom. The van der Waals surface area contributed by atoms with Gasteiger partial charge in [0.2, 0.25) is 5.91 Å². The van der Waals surface area contributed by atoms with Gasteiger partial charge in [0.15, 0.2) is 0 Å². The molecule has 13 heavy (non-hydrogen) atoms. The first-order valence-corrected chi connectivity index (χ1v) is 4.36. The Balaban J connectivity index is 2.71. The van der Waals surface area contributed by atoms with Gasteiger partial charge in [-0.3, -0.25) is 4.79 Å². The summed E-state index contributed by atoms with van der Waals surface area (Å²) in [5.41, 5.74) is 0. The van der Waals surface area contributed by atoms with Crippen molar-refractivity contribution in [1.82, 2.24) is 4.90 Å². The van der Waals surface area contributed by atoms with Crippen LogP contribution in [-0.2, 0) is 9.59 Å². The Hall–Kier alpha value is -0.810. The number of halogens is 1. The van der Waals surface area contributed by atoms with Crippen molar-refractivity contribution in [2.45, 2.75) is 18.6 Å². The third-order valence-corrected chi connectivity index (χ3v) is 2.23. The highest BCUT2D eigenvalue weighted by molar-refractivity contribution is 6.27. The molecule has 1 heterocycles. The SMILES string of the molecule is O=C(O)[C@@H]1C[C@@H](O)CN1C(=O)CCl. The van der Waals surface area contributed by atoms with Crippen molar-refractivity contribution in [1.29, 1.82) is 0 Å². The molecule has 74 valence electrons. The number of carboxylic acids is 1. The number of aliphatic hydroxyl groups excluding tert-OH is 1. The van der Waals surface area contributed by atoms with Crippen LogP contribution in [0.3, 0.4) is 0 Å². The minimum Gasteiger partial charge on any atom is -0.480 e. The molecule has 1 aliphatic heterocycles. The summed E-state index contributed by atoms with van der Waals surface area (Å²) in [5.74, 6) is -1.81. The number of likely N-dealkylation sites (tertiary alicyclic amines) is 1. The van der Waals surface area contributed by atoms with E-state index in [1.807, 2.05) is 0 Å². The first-order valence-electron chi connectivity index (χ1n) is 3.82. The van der Waals surface area contributed by atoms with Crippen LogP contribution in [-0.4, -0.2) is 51.6 Å². The minimum atomic E-state index is -1.10. The van der Waals surface area contributed by atoms with Gasteiger partial charge in [0, 0.05) is 13.0 Å². The summed E-state index contributed by atoms with van der Waals surface area (Å²) in [6, 6.07) is -0.929. The van der Waals surface area contributed by atoms with Crippen LogP contribution in [0.4, 0.5) is 0 Å². The molecule has 0 saturated carbocycles. The van der Waals surface area contributed by atoms with Crippen LogP contribution < -0.4 is 0 Å². The van der Waals surface area contributed by atoms with Gasteiger partial charge in [-0.15, -0.1) is 11.6 Å². The normalized spacial score (nSPS) is 27.7. The molecule has 2 N–H and O–H groups in total. The predicted molar refractivity (Wildman–Crippen MR) is 44.5 cm³/mol. The molecule has 0 unspecified atom stereocenters. The van der Waals surface area contributed by atoms with E-state index in [-0.39, 0.29) is 18.8 Å². The summed E-state index contributed by atoms with van der Waals surface area (Å²) < 4.78 is 0. The smallest absolute Gasteiger partial charge is 0.326 e. The standard InChI is InChI=1S/C7H10ClNO4/c8-2-6(11)9-3-4(10)1-5(9)7(12)13/h4-5,10H,1-3H2,(H,12,13)/t4-,5+/m1/s1. The van der Waals surface area contributed by atoms with Crippen LogP contribution in [0.1, 0.15) is 6.42 Å². The maximum Gasteiger partial charge on any atom is 0.326 e. The van der Waals surface area contributed by atoms with Gasteiger partial charge in [0.05, 0.1) is 6.10 Å². The number of carboxylic acid groups (broad SMARTS) is 1. The van der Waals surface area contributed by atoms with Crippen LogP contribution in [0.25, 0.3) is 0 Å². The molecule has 1 fully saturated rings. The van der Waals surface area contributed by atoms with Gasteiger partial charge in [0.25, 0.3) is 0 Å². The average molecular weight is 208 g/mol. The number of alkyl halides is 1. The number of β-amino-alcohol motifs (C(OH)–C–C–N with tert-alkyl or cyclic N) is 1. The molecule has 0 radical (unpaired) electrons. The Kier molecular flexibility index (Phi) is 3.11. The predicted octanol–water partition coefficient (Wildman–Crippen LogP) is -0.728. The summed E-state index contributed by atoms with van der Waals surface area (Å²) in [5, 5.41) is 17.9. The van der Waals surface area contributed by atoms with E-state index in [0.717, 1.165) is 4.90 Å². The summed E-state index contributed by atoms with van der Waals surface area (Å²) >= 11 is 5.28. The van der Waals surface area contributed by atoms with E-state index in [1.54, 1.807) is 0 Å². The zero-order valence-corrected chi connectivity index (χ0v) is 7.57. The van der Waals surface area contributed by atoms with Crippen LogP contribution in [0.2, 0.25) is 0 Å². The third-order valence-electron chi connectivity index (χ3n) is 2.00. The molecule has 0 bridgehead atoms. The lowest BCUT2D eigenvalue weighted by atomic mass is 10.2. The Morgan fingerprint density at radius 2 is 2.15 bits per heavy atom. The fraction of sp³-hybridized carbons (Fsp3) is 0.714. The monoisotopic (exact) mass is 207 g/mol. The van der Waals surface area contributed by atoms with Gasteiger partial charge >= 0.3 is 5.97 Å². The second-order valence-electron chi connectivity index (χ2n) is 2.92. The highest BCUT2D eigenvalue weighted by Gasteiger charge is 2.38. The minimum absolute atomic E-state index is 0.0581. The summed E-state index contributed by atoms with van der Waals surface area (Å²) in [6.45, 7) is 0.0581. The van der Waals surface area contributed by atoms with Crippen molar-refractivity contribution in [3.8, 4) is 0 Å². The number of hydrogen-bond donors (Lipinski definition) is 2. The van der Waals surface area contributed by atoms with E-state index in [2.05, 4.69) is 0 Å². The number of carbonyl (C=O) groups is 2. The quantitative estimate of drug-likeness (QED) is 0.586. The second-order valence-corrected chi connectivity index (χ2v) is 3.19.